The minimum absolute atomic E-state index is 0.111. The van der Waals surface area contributed by atoms with Crippen molar-refractivity contribution in [2.24, 2.45) is 0 Å². The van der Waals surface area contributed by atoms with Crippen molar-refractivity contribution in [1.29, 1.82) is 0 Å². The van der Waals surface area contributed by atoms with Gasteiger partial charge in [-0.05, 0) is 0 Å². The van der Waals surface area contributed by atoms with Crippen molar-refractivity contribution in [3.05, 3.63) is 0 Å². The van der Waals surface area contributed by atoms with Crippen LogP contribution in [-0.2, 0) is 23.7 Å². The van der Waals surface area contributed by atoms with Crippen LogP contribution >= 0.6 is 0 Å². The van der Waals surface area contributed by atoms with E-state index in [1.165, 1.54) is 0 Å². The summed E-state index contributed by atoms with van der Waals surface area (Å²) in [5.74, 6) is 0. The van der Waals surface area contributed by atoms with Crippen molar-refractivity contribution in [2.75, 3.05) is 52.9 Å². The smallest absolute Gasteiger partial charge is 0.104 e. The lowest BCUT2D eigenvalue weighted by molar-refractivity contribution is -0.0841. The Bertz CT molecular complexity index is 242. The topological polar surface area (TPSA) is 93.2 Å². The molecule has 2 fully saturated rings. The first-order valence-electron chi connectivity index (χ1n) is 6.57. The summed E-state index contributed by atoms with van der Waals surface area (Å²) in [5, 5.41) is 18.7. The predicted octanol–water partition coefficient (Wildman–Crippen LogP) is -1.44. The third-order valence-corrected chi connectivity index (χ3v) is 2.75. The van der Waals surface area contributed by atoms with Gasteiger partial charge in [-0.2, -0.15) is 0 Å². The van der Waals surface area contributed by atoms with Gasteiger partial charge in [0.1, 0.15) is 24.4 Å². The molecular weight excluding hydrogens is 256 g/mol. The molecule has 2 aliphatic rings. The second kappa shape index (κ2) is 8.11. The zero-order chi connectivity index (χ0) is 13.5. The molecule has 0 bridgehead atoms. The Balaban J connectivity index is 1.45. The highest BCUT2D eigenvalue weighted by atomic mass is 16.6. The number of epoxide rings is 2. The third-order valence-electron chi connectivity index (χ3n) is 2.75. The fraction of sp³-hybridized carbons (Fsp3) is 1.00. The largest absolute Gasteiger partial charge is 0.394 e. The van der Waals surface area contributed by atoms with Crippen LogP contribution in [0.4, 0.5) is 0 Å². The van der Waals surface area contributed by atoms with Crippen LogP contribution in [0.15, 0.2) is 0 Å². The summed E-state index contributed by atoms with van der Waals surface area (Å²) in [4.78, 5) is 0. The maximum Gasteiger partial charge on any atom is 0.104 e. The zero-order valence-corrected chi connectivity index (χ0v) is 10.9. The molecule has 0 aromatic heterocycles. The molecule has 2 aliphatic heterocycles. The van der Waals surface area contributed by atoms with Gasteiger partial charge in [-0.1, -0.05) is 0 Å². The van der Waals surface area contributed by atoms with E-state index >= 15 is 0 Å². The van der Waals surface area contributed by atoms with E-state index in [1.807, 2.05) is 0 Å². The molecule has 0 spiro atoms. The van der Waals surface area contributed by atoms with Gasteiger partial charge >= 0.3 is 0 Å². The fourth-order valence-corrected chi connectivity index (χ4v) is 1.44. The van der Waals surface area contributed by atoms with E-state index in [4.69, 9.17) is 28.8 Å². The number of aliphatic hydroxyl groups excluding tert-OH is 2. The Morgan fingerprint density at radius 2 is 1.58 bits per heavy atom. The van der Waals surface area contributed by atoms with Crippen molar-refractivity contribution in [2.45, 2.75) is 24.4 Å². The molecule has 2 N–H and O–H groups in total. The maximum absolute atomic E-state index is 9.62. The number of hydrogen-bond donors (Lipinski definition) is 2. The molecule has 4 atom stereocenters. The highest BCUT2D eigenvalue weighted by molar-refractivity contribution is 4.69. The van der Waals surface area contributed by atoms with Crippen molar-refractivity contribution < 1.29 is 33.9 Å². The molecule has 0 aliphatic carbocycles. The summed E-state index contributed by atoms with van der Waals surface area (Å²) in [7, 11) is 0. The lowest BCUT2D eigenvalue weighted by Crippen LogP contribution is -2.31. The van der Waals surface area contributed by atoms with Crippen LogP contribution in [0.1, 0.15) is 0 Å². The molecule has 7 nitrogen and oxygen atoms in total. The van der Waals surface area contributed by atoms with E-state index in [1.54, 1.807) is 0 Å². The maximum atomic E-state index is 9.62. The molecule has 2 rings (SSSR count). The normalized spacial score (nSPS) is 28.1. The zero-order valence-electron chi connectivity index (χ0n) is 10.9. The molecular formula is C12H22O7. The minimum Gasteiger partial charge on any atom is -0.394 e. The molecule has 0 aromatic carbocycles. The van der Waals surface area contributed by atoms with Gasteiger partial charge in [0.25, 0.3) is 0 Å². The number of ether oxygens (including phenoxy) is 5. The first-order chi connectivity index (χ1) is 9.28. The molecule has 19 heavy (non-hydrogen) atoms. The van der Waals surface area contributed by atoms with Crippen LogP contribution in [0.3, 0.4) is 0 Å². The lowest BCUT2D eigenvalue weighted by Gasteiger charge is -2.18. The average molecular weight is 278 g/mol. The van der Waals surface area contributed by atoms with Gasteiger partial charge in [0.2, 0.25) is 0 Å². The molecule has 0 saturated carbocycles. The first kappa shape index (κ1) is 15.1. The van der Waals surface area contributed by atoms with E-state index in [-0.39, 0.29) is 32.0 Å². The van der Waals surface area contributed by atoms with Crippen LogP contribution in [0.2, 0.25) is 0 Å². The Hall–Kier alpha value is -0.280. The van der Waals surface area contributed by atoms with Gasteiger partial charge in [-0.3, -0.25) is 0 Å². The molecule has 2 heterocycles. The Morgan fingerprint density at radius 3 is 2.11 bits per heavy atom. The average Bonchev–Trinajstić information content (AvgIpc) is 3.26. The van der Waals surface area contributed by atoms with Gasteiger partial charge in [0, 0.05) is 0 Å². The minimum atomic E-state index is -0.709. The van der Waals surface area contributed by atoms with Crippen molar-refractivity contribution in [1.82, 2.24) is 0 Å². The van der Waals surface area contributed by atoms with Gasteiger partial charge in [-0.25, -0.2) is 0 Å². The van der Waals surface area contributed by atoms with Crippen LogP contribution in [-0.4, -0.2) is 87.5 Å². The summed E-state index contributed by atoms with van der Waals surface area (Å²) in [5.41, 5.74) is 0. The molecule has 0 radical (unpaired) electrons. The third kappa shape index (κ3) is 7.17. The highest BCUT2D eigenvalue weighted by Gasteiger charge is 2.24. The van der Waals surface area contributed by atoms with Crippen LogP contribution < -0.4 is 0 Å². The molecule has 0 aromatic rings. The number of hydrogen-bond acceptors (Lipinski definition) is 7. The van der Waals surface area contributed by atoms with E-state index < -0.39 is 12.2 Å². The van der Waals surface area contributed by atoms with Crippen molar-refractivity contribution in [3.8, 4) is 0 Å². The number of rotatable bonds is 12. The molecule has 112 valence electrons. The van der Waals surface area contributed by atoms with E-state index in [0.29, 0.717) is 19.8 Å². The van der Waals surface area contributed by atoms with E-state index in [9.17, 15) is 5.11 Å². The predicted molar refractivity (Wildman–Crippen MR) is 64.0 cm³/mol. The second-order valence-corrected chi connectivity index (χ2v) is 4.78. The molecule has 7 heteroatoms. The number of aliphatic hydroxyl groups is 2. The fourth-order valence-electron chi connectivity index (χ4n) is 1.44. The SMILES string of the molecule is OCC(COCC1CO1)OCC(O)COCC1CO1. The quantitative estimate of drug-likeness (QED) is 0.422. The summed E-state index contributed by atoms with van der Waals surface area (Å²) in [6, 6.07) is 0. The van der Waals surface area contributed by atoms with E-state index in [0.717, 1.165) is 13.2 Å². The van der Waals surface area contributed by atoms with Crippen molar-refractivity contribution >= 4 is 0 Å². The van der Waals surface area contributed by atoms with Crippen LogP contribution in [0, 0.1) is 0 Å². The summed E-state index contributed by atoms with van der Waals surface area (Å²) in [6.45, 7) is 2.97. The van der Waals surface area contributed by atoms with Gasteiger partial charge < -0.3 is 33.9 Å². The monoisotopic (exact) mass is 278 g/mol. The van der Waals surface area contributed by atoms with Crippen molar-refractivity contribution in [3.63, 3.8) is 0 Å². The summed E-state index contributed by atoms with van der Waals surface area (Å²) >= 11 is 0. The summed E-state index contributed by atoms with van der Waals surface area (Å²) < 4.78 is 25.9. The van der Waals surface area contributed by atoms with Crippen LogP contribution in [0.5, 0.6) is 0 Å². The highest BCUT2D eigenvalue weighted by Crippen LogP contribution is 2.09. The Morgan fingerprint density at radius 1 is 1.00 bits per heavy atom. The Kier molecular flexibility index (Phi) is 6.45. The Labute approximate surface area is 112 Å². The molecule has 0 amide bonds. The van der Waals surface area contributed by atoms with Gasteiger partial charge in [-0.15, -0.1) is 0 Å². The molecule has 2 saturated heterocycles. The summed E-state index contributed by atoms with van der Waals surface area (Å²) in [6.07, 6.45) is -0.751. The molecule has 4 unspecified atom stereocenters. The van der Waals surface area contributed by atoms with Gasteiger partial charge in [0.05, 0.1) is 52.9 Å². The first-order valence-corrected chi connectivity index (χ1v) is 6.57. The van der Waals surface area contributed by atoms with Crippen LogP contribution in [0.25, 0.3) is 0 Å². The second-order valence-electron chi connectivity index (χ2n) is 4.78. The van der Waals surface area contributed by atoms with E-state index in [2.05, 4.69) is 0 Å². The van der Waals surface area contributed by atoms with Gasteiger partial charge in [0.15, 0.2) is 0 Å². The lowest BCUT2D eigenvalue weighted by atomic mass is 10.3. The standard InChI is InChI=1S/C12H22O7/c13-1-10(4-16-6-12-8-19-12)17-3-9(14)2-15-5-11-7-18-11/h9-14H,1-8H2.